The predicted molar refractivity (Wildman–Crippen MR) is 43.8 cm³/mol. The van der Waals surface area contributed by atoms with Crippen molar-refractivity contribution >= 4 is 0 Å². The lowest BCUT2D eigenvalue weighted by molar-refractivity contribution is 0.302. The summed E-state index contributed by atoms with van der Waals surface area (Å²) in [7, 11) is 0. The van der Waals surface area contributed by atoms with E-state index >= 15 is 0 Å². The second-order valence-corrected chi connectivity index (χ2v) is 3.39. The average Bonchev–Trinajstić information content (AvgIpc) is 1.78. The van der Waals surface area contributed by atoms with Crippen LogP contribution in [0.3, 0.4) is 0 Å². The molecule has 0 amide bonds. The van der Waals surface area contributed by atoms with E-state index in [9.17, 15) is 0 Å². The quantitative estimate of drug-likeness (QED) is 0.582. The predicted octanol–water partition coefficient (Wildman–Crippen LogP) is 2.13. The van der Waals surface area contributed by atoms with Crippen LogP contribution in [0.2, 0.25) is 0 Å². The van der Waals surface area contributed by atoms with Gasteiger partial charge in [-0.25, -0.2) is 0 Å². The molecule has 10 heavy (non-hydrogen) atoms. The molecule has 0 saturated carbocycles. The Bertz CT molecular complexity index is 133. The molecule has 0 unspecified atom stereocenters. The minimum atomic E-state index is 0.200. The lowest BCUT2D eigenvalue weighted by Crippen LogP contribution is -1.97. The van der Waals surface area contributed by atoms with Crippen molar-refractivity contribution in [2.75, 3.05) is 6.61 Å². The molecule has 0 aliphatic heterocycles. The molecule has 0 aromatic carbocycles. The van der Waals surface area contributed by atoms with Crippen LogP contribution in [0.1, 0.15) is 27.2 Å². The van der Waals surface area contributed by atoms with Crippen LogP contribution in [0.5, 0.6) is 0 Å². The molecule has 0 heterocycles. The monoisotopic (exact) mass is 140 g/mol. The minimum Gasteiger partial charge on any atom is -0.396 e. The van der Waals surface area contributed by atoms with E-state index < -0.39 is 0 Å². The van der Waals surface area contributed by atoms with Gasteiger partial charge in [-0.2, -0.15) is 0 Å². The molecule has 0 rings (SSSR count). The van der Waals surface area contributed by atoms with E-state index in [1.54, 1.807) is 0 Å². The highest BCUT2D eigenvalue weighted by Crippen LogP contribution is 2.13. The van der Waals surface area contributed by atoms with Gasteiger partial charge in [0.15, 0.2) is 0 Å². The largest absolute Gasteiger partial charge is 0.396 e. The van der Waals surface area contributed by atoms with Crippen LogP contribution in [0.15, 0.2) is 17.9 Å². The summed E-state index contributed by atoms with van der Waals surface area (Å²) in [5.74, 6) is 0. The topological polar surface area (TPSA) is 20.2 Å². The van der Waals surface area contributed by atoms with E-state index in [0.717, 1.165) is 0 Å². The number of rotatable bonds is 2. The first-order valence-corrected chi connectivity index (χ1v) is 3.59. The van der Waals surface area contributed by atoms with Gasteiger partial charge < -0.3 is 5.11 Å². The minimum absolute atomic E-state index is 0.200. The van der Waals surface area contributed by atoms with Gasteiger partial charge in [-0.3, -0.25) is 0 Å². The van der Waals surface area contributed by atoms with Gasteiger partial charge in [-0.05, 0) is 24.0 Å². The molecule has 0 aromatic rings. The van der Waals surface area contributed by atoms with E-state index in [0.29, 0.717) is 6.42 Å². The lowest BCUT2D eigenvalue weighted by Gasteiger charge is -2.08. The van der Waals surface area contributed by atoms with Crippen molar-refractivity contribution in [3.63, 3.8) is 0 Å². The molecule has 0 fully saturated rings. The Labute approximate surface area is 63.1 Å². The van der Waals surface area contributed by atoms with Gasteiger partial charge in [0, 0.05) is 6.61 Å². The SMILES string of the molecule is CC(C)(C)C=C=CCCO. The van der Waals surface area contributed by atoms with Gasteiger partial charge in [0.2, 0.25) is 0 Å². The fourth-order valence-electron chi connectivity index (χ4n) is 0.457. The first-order chi connectivity index (χ1) is 4.56. The van der Waals surface area contributed by atoms with Crippen molar-refractivity contribution in [3.8, 4) is 0 Å². The van der Waals surface area contributed by atoms with Gasteiger partial charge in [0.05, 0.1) is 0 Å². The molecule has 0 aromatic heterocycles. The van der Waals surface area contributed by atoms with Crippen LogP contribution >= 0.6 is 0 Å². The van der Waals surface area contributed by atoms with E-state index in [-0.39, 0.29) is 12.0 Å². The maximum absolute atomic E-state index is 8.41. The molecule has 0 atom stereocenters. The van der Waals surface area contributed by atoms with E-state index in [4.69, 9.17) is 5.11 Å². The van der Waals surface area contributed by atoms with E-state index in [2.05, 4.69) is 26.5 Å². The maximum atomic E-state index is 8.41. The second-order valence-electron chi connectivity index (χ2n) is 3.39. The summed E-state index contributed by atoms with van der Waals surface area (Å²) in [6, 6.07) is 0. The third-order valence-corrected chi connectivity index (χ3v) is 0.908. The molecule has 0 radical (unpaired) electrons. The van der Waals surface area contributed by atoms with Crippen LogP contribution in [0.4, 0.5) is 0 Å². The molecule has 0 bridgehead atoms. The third-order valence-electron chi connectivity index (χ3n) is 0.908. The van der Waals surface area contributed by atoms with Gasteiger partial charge >= 0.3 is 0 Å². The van der Waals surface area contributed by atoms with Crippen molar-refractivity contribution in [1.29, 1.82) is 0 Å². The highest BCUT2D eigenvalue weighted by atomic mass is 16.2. The van der Waals surface area contributed by atoms with Gasteiger partial charge in [0.1, 0.15) is 0 Å². The van der Waals surface area contributed by atoms with Crippen LogP contribution in [-0.2, 0) is 0 Å². The van der Waals surface area contributed by atoms with Crippen molar-refractivity contribution in [1.82, 2.24) is 0 Å². The van der Waals surface area contributed by atoms with E-state index in [1.807, 2.05) is 12.2 Å². The normalized spacial score (nSPS) is 10.4. The summed E-state index contributed by atoms with van der Waals surface area (Å²) in [6.45, 7) is 6.57. The Balaban J connectivity index is 3.74. The molecule has 0 aliphatic carbocycles. The molecule has 0 spiro atoms. The average molecular weight is 140 g/mol. The Hall–Kier alpha value is -0.520. The summed E-state index contributed by atoms with van der Waals surface area (Å²) < 4.78 is 0. The van der Waals surface area contributed by atoms with Crippen molar-refractivity contribution < 1.29 is 5.11 Å². The fraction of sp³-hybridized carbons (Fsp3) is 0.667. The van der Waals surface area contributed by atoms with Crippen molar-refractivity contribution in [2.45, 2.75) is 27.2 Å². The maximum Gasteiger partial charge on any atom is 0.0471 e. The first-order valence-electron chi connectivity index (χ1n) is 3.59. The molecule has 0 aliphatic rings. The summed E-state index contributed by atoms with van der Waals surface area (Å²) in [4.78, 5) is 0. The summed E-state index contributed by atoms with van der Waals surface area (Å²) in [5, 5.41) is 8.41. The third kappa shape index (κ3) is 7.48. The number of hydrogen-bond donors (Lipinski definition) is 1. The number of aliphatic hydroxyl groups excluding tert-OH is 1. The van der Waals surface area contributed by atoms with Crippen molar-refractivity contribution in [3.05, 3.63) is 17.9 Å². The van der Waals surface area contributed by atoms with Crippen LogP contribution < -0.4 is 0 Å². The van der Waals surface area contributed by atoms with Gasteiger partial charge in [-0.15, -0.1) is 5.73 Å². The molecule has 0 saturated heterocycles. The van der Waals surface area contributed by atoms with Crippen LogP contribution in [0.25, 0.3) is 0 Å². The highest BCUT2D eigenvalue weighted by molar-refractivity contribution is 4.92. The smallest absolute Gasteiger partial charge is 0.0471 e. The molecule has 1 nitrogen and oxygen atoms in total. The second kappa shape index (κ2) is 4.32. The zero-order chi connectivity index (χ0) is 8.04. The summed E-state index contributed by atoms with van der Waals surface area (Å²) in [5.41, 5.74) is 3.22. The number of hydrogen-bond acceptors (Lipinski definition) is 1. The number of aliphatic hydroxyl groups is 1. The van der Waals surface area contributed by atoms with Crippen LogP contribution in [0, 0.1) is 5.41 Å². The van der Waals surface area contributed by atoms with Crippen molar-refractivity contribution in [2.24, 2.45) is 5.41 Å². The standard InChI is InChI=1S/C9H16O/c1-9(2,3)7-5-4-6-8-10/h4,7,10H,6,8H2,1-3H3. The first kappa shape index (κ1) is 9.48. The molecule has 1 heteroatoms. The van der Waals surface area contributed by atoms with Gasteiger partial charge in [0.25, 0.3) is 0 Å². The molecular formula is C9H16O. The summed E-state index contributed by atoms with van der Waals surface area (Å²) in [6.07, 6.45) is 4.56. The zero-order valence-corrected chi connectivity index (χ0v) is 7.02. The Morgan fingerprint density at radius 1 is 1.40 bits per heavy atom. The van der Waals surface area contributed by atoms with Gasteiger partial charge in [-0.1, -0.05) is 20.8 Å². The summed E-state index contributed by atoms with van der Waals surface area (Å²) >= 11 is 0. The molecular weight excluding hydrogens is 124 g/mol. The molecule has 58 valence electrons. The Morgan fingerprint density at radius 2 is 2.00 bits per heavy atom. The zero-order valence-electron chi connectivity index (χ0n) is 7.02. The Kier molecular flexibility index (Phi) is 4.10. The van der Waals surface area contributed by atoms with E-state index in [1.165, 1.54) is 0 Å². The lowest BCUT2D eigenvalue weighted by atomic mass is 9.97. The Morgan fingerprint density at radius 3 is 2.40 bits per heavy atom. The highest BCUT2D eigenvalue weighted by Gasteiger charge is 2.01. The fourth-order valence-corrected chi connectivity index (χ4v) is 0.457. The molecule has 1 N–H and O–H groups in total. The van der Waals surface area contributed by atoms with Crippen LogP contribution in [-0.4, -0.2) is 11.7 Å².